The molecule has 0 atom stereocenters. The molecule has 0 saturated carbocycles. The summed E-state index contributed by atoms with van der Waals surface area (Å²) >= 11 is 12.8. The Hall–Kier alpha value is -3.13. The van der Waals surface area contributed by atoms with Gasteiger partial charge in [-0.25, -0.2) is 9.67 Å². The number of primary amides is 1. The normalized spacial score (nSPS) is 15.5. The molecule has 1 aliphatic rings. The smallest absolute Gasteiger partial charge is 0.237 e. The van der Waals surface area contributed by atoms with Gasteiger partial charge in [-0.15, -0.1) is 0 Å². The average Bonchev–Trinajstić information content (AvgIpc) is 3.24. The van der Waals surface area contributed by atoms with Crippen molar-refractivity contribution in [1.82, 2.24) is 20.1 Å². The molecule has 0 spiro atoms. The molecule has 9 heteroatoms. The van der Waals surface area contributed by atoms with Crippen LogP contribution >= 0.6 is 23.2 Å². The largest absolute Gasteiger partial charge is 0.368 e. The van der Waals surface area contributed by atoms with Gasteiger partial charge in [-0.3, -0.25) is 4.79 Å². The number of piperidine rings is 1. The van der Waals surface area contributed by atoms with Crippen LogP contribution in [-0.4, -0.2) is 45.3 Å². The number of amides is 1. The van der Waals surface area contributed by atoms with Gasteiger partial charge in [0, 0.05) is 41.3 Å². The average molecular weight is 523 g/mol. The number of hydrogen-bond donors (Lipinski definition) is 2. The van der Waals surface area contributed by atoms with Crippen molar-refractivity contribution in [3.05, 3.63) is 70.8 Å². The predicted octanol–water partition coefficient (Wildman–Crippen LogP) is 5.22. The molecule has 1 saturated heterocycles. The van der Waals surface area contributed by atoms with Crippen molar-refractivity contribution in [3.8, 4) is 16.9 Å². The zero-order valence-electron chi connectivity index (χ0n) is 20.2. The number of fused-ring (bicyclic) bond motifs is 1. The molecule has 4 aromatic rings. The highest BCUT2D eigenvalue weighted by molar-refractivity contribution is 6.32. The Morgan fingerprint density at radius 3 is 2.39 bits per heavy atom. The topological polar surface area (TPSA) is 89.1 Å². The van der Waals surface area contributed by atoms with Crippen LogP contribution in [-0.2, 0) is 4.79 Å². The van der Waals surface area contributed by atoms with Crippen LogP contribution in [0.2, 0.25) is 10.0 Å². The summed E-state index contributed by atoms with van der Waals surface area (Å²) in [4.78, 5) is 19.3. The predicted molar refractivity (Wildman–Crippen MR) is 146 cm³/mol. The van der Waals surface area contributed by atoms with E-state index in [9.17, 15) is 4.79 Å². The second-order valence-electron chi connectivity index (χ2n) is 9.48. The number of nitrogens with one attached hydrogen (secondary N) is 1. The van der Waals surface area contributed by atoms with Crippen molar-refractivity contribution in [2.75, 3.05) is 18.0 Å². The first kappa shape index (κ1) is 24.6. The van der Waals surface area contributed by atoms with Gasteiger partial charge in [0.1, 0.15) is 11.1 Å². The summed E-state index contributed by atoms with van der Waals surface area (Å²) in [6.45, 7) is 5.31. The zero-order chi connectivity index (χ0) is 25.4. The Bertz CT molecular complexity index is 1410. The molecule has 0 radical (unpaired) electrons. The van der Waals surface area contributed by atoms with Crippen molar-refractivity contribution >= 4 is 45.8 Å². The van der Waals surface area contributed by atoms with Gasteiger partial charge < -0.3 is 16.0 Å². The van der Waals surface area contributed by atoms with Gasteiger partial charge in [0.05, 0.1) is 16.4 Å². The molecule has 7 nitrogen and oxygen atoms in total. The van der Waals surface area contributed by atoms with Crippen molar-refractivity contribution in [1.29, 1.82) is 0 Å². The molecule has 2 aromatic carbocycles. The lowest BCUT2D eigenvalue weighted by Crippen LogP contribution is -2.62. The zero-order valence-corrected chi connectivity index (χ0v) is 21.7. The van der Waals surface area contributed by atoms with Gasteiger partial charge in [0.15, 0.2) is 5.82 Å². The maximum atomic E-state index is 12.4. The van der Waals surface area contributed by atoms with Crippen LogP contribution in [0, 0.1) is 0 Å². The van der Waals surface area contributed by atoms with Crippen molar-refractivity contribution < 1.29 is 4.79 Å². The van der Waals surface area contributed by atoms with Crippen LogP contribution < -0.4 is 16.0 Å². The Morgan fingerprint density at radius 2 is 1.75 bits per heavy atom. The van der Waals surface area contributed by atoms with E-state index >= 15 is 0 Å². The summed E-state index contributed by atoms with van der Waals surface area (Å²) in [6, 6.07) is 17.4. The molecule has 1 aliphatic heterocycles. The molecule has 3 heterocycles. The van der Waals surface area contributed by atoms with Crippen LogP contribution in [0.5, 0.6) is 0 Å². The van der Waals surface area contributed by atoms with Crippen molar-refractivity contribution in [3.63, 3.8) is 0 Å². The first-order chi connectivity index (χ1) is 17.3. The van der Waals surface area contributed by atoms with Crippen LogP contribution in [0.25, 0.3) is 27.8 Å². The molecule has 1 amide bonds. The standard InChI is InChI=1S/C27H28Cl2N6O/c1-17(2)32-27(26(30)36)12-15-34(16-13-27)25-23-20(11-14-31-25)24(18-7-9-19(28)10-8-18)35(33-23)22-6-4-3-5-21(22)29/h3-11,14,17,32H,12-13,15-16H2,1-2H3,(H2,30,36). The Kier molecular flexibility index (Phi) is 6.64. The minimum atomic E-state index is -0.718. The quantitative estimate of drug-likeness (QED) is 0.362. The molecule has 186 valence electrons. The monoisotopic (exact) mass is 522 g/mol. The molecule has 36 heavy (non-hydrogen) atoms. The third kappa shape index (κ3) is 4.43. The molecule has 1 fully saturated rings. The van der Waals surface area contributed by atoms with Gasteiger partial charge in [0.25, 0.3) is 0 Å². The summed E-state index contributed by atoms with van der Waals surface area (Å²) in [6.07, 6.45) is 2.99. The second-order valence-corrected chi connectivity index (χ2v) is 10.3. The number of para-hydroxylation sites is 1. The van der Waals surface area contributed by atoms with E-state index in [0.717, 1.165) is 33.7 Å². The number of hydrogen-bond acceptors (Lipinski definition) is 5. The second kappa shape index (κ2) is 9.73. The first-order valence-electron chi connectivity index (χ1n) is 12.0. The maximum Gasteiger partial charge on any atom is 0.237 e. The van der Waals surface area contributed by atoms with Gasteiger partial charge in [-0.2, -0.15) is 5.10 Å². The van der Waals surface area contributed by atoms with E-state index in [4.69, 9.17) is 39.0 Å². The number of anilines is 1. The third-order valence-corrected chi connectivity index (χ3v) is 7.29. The highest BCUT2D eigenvalue weighted by Gasteiger charge is 2.41. The summed E-state index contributed by atoms with van der Waals surface area (Å²) < 4.78 is 1.87. The van der Waals surface area contributed by atoms with Gasteiger partial charge >= 0.3 is 0 Å². The maximum absolute atomic E-state index is 12.4. The molecule has 5 rings (SSSR count). The van der Waals surface area contributed by atoms with E-state index in [0.29, 0.717) is 36.0 Å². The van der Waals surface area contributed by atoms with E-state index in [1.807, 2.05) is 73.1 Å². The SMILES string of the molecule is CC(C)NC1(C(N)=O)CCN(c2nccc3c(-c4ccc(Cl)cc4)n(-c4ccccc4Cl)nc23)CC1. The summed E-state index contributed by atoms with van der Waals surface area (Å²) in [5.41, 5.74) is 8.53. The number of carbonyl (C=O) groups excluding carboxylic acids is 1. The van der Waals surface area contributed by atoms with Crippen LogP contribution in [0.15, 0.2) is 60.8 Å². The van der Waals surface area contributed by atoms with E-state index in [2.05, 4.69) is 10.2 Å². The van der Waals surface area contributed by atoms with Crippen molar-refractivity contribution in [2.24, 2.45) is 5.73 Å². The number of benzene rings is 2. The lowest BCUT2D eigenvalue weighted by atomic mass is 9.86. The molecular weight excluding hydrogens is 495 g/mol. The van der Waals surface area contributed by atoms with E-state index in [1.54, 1.807) is 6.20 Å². The molecule has 3 N–H and O–H groups in total. The Balaban J connectivity index is 1.61. The molecule has 0 unspecified atom stereocenters. The molecular formula is C27H28Cl2N6O. The first-order valence-corrected chi connectivity index (χ1v) is 12.8. The van der Waals surface area contributed by atoms with Gasteiger partial charge in [-0.1, -0.05) is 47.5 Å². The van der Waals surface area contributed by atoms with E-state index in [1.165, 1.54) is 0 Å². The number of carbonyl (C=O) groups is 1. The van der Waals surface area contributed by atoms with Crippen LogP contribution in [0.4, 0.5) is 5.82 Å². The fraction of sp³-hybridized carbons (Fsp3) is 0.296. The lowest BCUT2D eigenvalue weighted by Gasteiger charge is -2.41. The minimum absolute atomic E-state index is 0.152. The summed E-state index contributed by atoms with van der Waals surface area (Å²) in [7, 11) is 0. The fourth-order valence-corrected chi connectivity index (χ4v) is 5.37. The third-order valence-electron chi connectivity index (χ3n) is 6.72. The number of rotatable bonds is 6. The molecule has 0 bridgehead atoms. The number of pyridine rings is 1. The molecule has 0 aliphatic carbocycles. The van der Waals surface area contributed by atoms with E-state index in [-0.39, 0.29) is 11.9 Å². The number of aromatic nitrogens is 3. The number of nitrogens with two attached hydrogens (primary N) is 1. The minimum Gasteiger partial charge on any atom is -0.368 e. The highest BCUT2D eigenvalue weighted by Crippen LogP contribution is 2.37. The summed E-state index contributed by atoms with van der Waals surface area (Å²) in [5, 5.41) is 10.6. The Morgan fingerprint density at radius 1 is 1.06 bits per heavy atom. The van der Waals surface area contributed by atoms with Crippen molar-refractivity contribution in [2.45, 2.75) is 38.3 Å². The van der Waals surface area contributed by atoms with E-state index < -0.39 is 5.54 Å². The lowest BCUT2D eigenvalue weighted by molar-refractivity contribution is -0.125. The number of halogens is 2. The highest BCUT2D eigenvalue weighted by atomic mass is 35.5. The van der Waals surface area contributed by atoms with Crippen LogP contribution in [0.1, 0.15) is 26.7 Å². The van der Waals surface area contributed by atoms with Crippen LogP contribution in [0.3, 0.4) is 0 Å². The van der Waals surface area contributed by atoms with Gasteiger partial charge in [0.2, 0.25) is 5.91 Å². The fourth-order valence-electron chi connectivity index (χ4n) is 5.03. The number of nitrogens with zero attached hydrogens (tertiary/aromatic N) is 4. The van der Waals surface area contributed by atoms with Gasteiger partial charge in [-0.05, 0) is 57.0 Å². The Labute approximate surface area is 220 Å². The molecule has 2 aromatic heterocycles. The summed E-state index contributed by atoms with van der Waals surface area (Å²) in [5.74, 6) is 0.464.